The first-order valence-electron chi connectivity index (χ1n) is 6.47. The van der Waals surface area contributed by atoms with E-state index < -0.39 is 11.6 Å². The van der Waals surface area contributed by atoms with E-state index in [-0.39, 0.29) is 12.5 Å². The molecule has 108 valence electrons. The molecule has 0 aromatic heterocycles. The smallest absolute Gasteiger partial charge is 0.241 e. The number of benzene rings is 1. The SMILES string of the molecule is CC(C(=O)Nc1ccccc1C#N)N(C)C(C)(C)CO. The highest BCUT2D eigenvalue weighted by atomic mass is 16.3. The van der Waals surface area contributed by atoms with Crippen LogP contribution in [0.25, 0.3) is 0 Å². The molecule has 0 aliphatic heterocycles. The number of nitriles is 1. The number of nitrogens with one attached hydrogen (secondary N) is 1. The lowest BCUT2D eigenvalue weighted by atomic mass is 10.0. The van der Waals surface area contributed by atoms with E-state index in [1.807, 2.05) is 19.9 Å². The van der Waals surface area contributed by atoms with Gasteiger partial charge in [0.25, 0.3) is 0 Å². The van der Waals surface area contributed by atoms with Crippen molar-refractivity contribution in [2.45, 2.75) is 32.4 Å². The second-order valence-electron chi connectivity index (χ2n) is 5.40. The Kier molecular flexibility index (Phi) is 5.26. The van der Waals surface area contributed by atoms with E-state index >= 15 is 0 Å². The van der Waals surface area contributed by atoms with E-state index in [1.165, 1.54) is 0 Å². The molecule has 5 heteroatoms. The van der Waals surface area contributed by atoms with Crippen LogP contribution < -0.4 is 5.32 Å². The lowest BCUT2D eigenvalue weighted by Crippen LogP contribution is -2.52. The molecule has 20 heavy (non-hydrogen) atoms. The van der Waals surface area contributed by atoms with Crippen molar-refractivity contribution in [2.75, 3.05) is 19.0 Å². The van der Waals surface area contributed by atoms with Crippen molar-refractivity contribution in [3.05, 3.63) is 29.8 Å². The molecule has 0 saturated heterocycles. The molecule has 1 atom stereocenters. The maximum absolute atomic E-state index is 12.2. The van der Waals surface area contributed by atoms with E-state index in [4.69, 9.17) is 5.26 Å². The largest absolute Gasteiger partial charge is 0.394 e. The van der Waals surface area contributed by atoms with Crippen LogP contribution in [-0.2, 0) is 4.79 Å². The van der Waals surface area contributed by atoms with Gasteiger partial charge in [-0.25, -0.2) is 0 Å². The van der Waals surface area contributed by atoms with Gasteiger partial charge in [-0.15, -0.1) is 0 Å². The van der Waals surface area contributed by atoms with Crippen LogP contribution in [0.3, 0.4) is 0 Å². The molecule has 0 spiro atoms. The van der Waals surface area contributed by atoms with Gasteiger partial charge in [-0.3, -0.25) is 9.69 Å². The number of rotatable bonds is 5. The number of hydrogen-bond acceptors (Lipinski definition) is 4. The number of aliphatic hydroxyl groups excluding tert-OH is 1. The Balaban J connectivity index is 2.84. The first kappa shape index (κ1) is 16.2. The lowest BCUT2D eigenvalue weighted by molar-refractivity contribution is -0.122. The zero-order valence-electron chi connectivity index (χ0n) is 12.3. The molecule has 0 aliphatic rings. The van der Waals surface area contributed by atoms with Crippen molar-refractivity contribution >= 4 is 11.6 Å². The molecule has 1 aromatic rings. The second kappa shape index (κ2) is 6.51. The van der Waals surface area contributed by atoms with Gasteiger partial charge in [0.2, 0.25) is 5.91 Å². The standard InChI is InChI=1S/C15H21N3O2/c1-11(18(4)15(2,3)10-19)14(20)17-13-8-6-5-7-12(13)9-16/h5-8,11,19H,10H2,1-4H3,(H,17,20). The molecule has 0 bridgehead atoms. The second-order valence-corrected chi connectivity index (χ2v) is 5.40. The molecule has 1 aromatic carbocycles. The number of likely N-dealkylation sites (N-methyl/N-ethyl adjacent to an activating group) is 1. The fourth-order valence-corrected chi connectivity index (χ4v) is 1.74. The molecular weight excluding hydrogens is 254 g/mol. The Labute approximate surface area is 119 Å². The van der Waals surface area contributed by atoms with Crippen molar-refractivity contribution in [3.8, 4) is 6.07 Å². The first-order valence-corrected chi connectivity index (χ1v) is 6.47. The highest BCUT2D eigenvalue weighted by Crippen LogP contribution is 2.18. The third kappa shape index (κ3) is 3.56. The normalized spacial score (nSPS) is 12.8. The Hall–Kier alpha value is -1.90. The summed E-state index contributed by atoms with van der Waals surface area (Å²) in [4.78, 5) is 14.0. The molecular formula is C15H21N3O2. The minimum Gasteiger partial charge on any atom is -0.394 e. The molecule has 0 aliphatic carbocycles. The average molecular weight is 275 g/mol. The van der Waals surface area contributed by atoms with E-state index in [0.717, 1.165) is 0 Å². The van der Waals surface area contributed by atoms with Crippen LogP contribution in [0, 0.1) is 11.3 Å². The fraction of sp³-hybridized carbons (Fsp3) is 0.467. The molecule has 1 amide bonds. The summed E-state index contributed by atoms with van der Waals surface area (Å²) in [5.74, 6) is -0.211. The van der Waals surface area contributed by atoms with Gasteiger partial charge in [0.15, 0.2) is 0 Å². The van der Waals surface area contributed by atoms with Crippen molar-refractivity contribution in [1.29, 1.82) is 5.26 Å². The number of para-hydroxylation sites is 1. The van der Waals surface area contributed by atoms with Crippen LogP contribution in [0.1, 0.15) is 26.3 Å². The van der Waals surface area contributed by atoms with Gasteiger partial charge in [0.05, 0.1) is 23.9 Å². The van der Waals surface area contributed by atoms with E-state index in [9.17, 15) is 9.90 Å². The molecule has 0 heterocycles. The zero-order chi connectivity index (χ0) is 15.3. The third-order valence-corrected chi connectivity index (χ3v) is 3.61. The zero-order valence-corrected chi connectivity index (χ0v) is 12.3. The van der Waals surface area contributed by atoms with Crippen LogP contribution in [0.5, 0.6) is 0 Å². The highest BCUT2D eigenvalue weighted by molar-refractivity contribution is 5.95. The van der Waals surface area contributed by atoms with Gasteiger partial charge in [-0.2, -0.15) is 5.26 Å². The maximum atomic E-state index is 12.2. The molecule has 0 radical (unpaired) electrons. The Morgan fingerprint density at radius 2 is 2.10 bits per heavy atom. The third-order valence-electron chi connectivity index (χ3n) is 3.61. The molecule has 1 unspecified atom stereocenters. The van der Waals surface area contributed by atoms with Crippen molar-refractivity contribution < 1.29 is 9.90 Å². The molecule has 0 saturated carbocycles. The van der Waals surface area contributed by atoms with Gasteiger partial charge in [-0.1, -0.05) is 12.1 Å². The molecule has 2 N–H and O–H groups in total. The minimum absolute atomic E-state index is 0.0457. The Bertz CT molecular complexity index is 520. The predicted octanol–water partition coefficient (Wildman–Crippen LogP) is 1.59. The minimum atomic E-state index is -0.495. The number of amides is 1. The summed E-state index contributed by atoms with van der Waals surface area (Å²) in [5, 5.41) is 21.1. The van der Waals surface area contributed by atoms with Crippen LogP contribution in [-0.4, -0.2) is 41.1 Å². The van der Waals surface area contributed by atoms with Crippen molar-refractivity contribution in [1.82, 2.24) is 4.90 Å². The number of carbonyl (C=O) groups excluding carboxylic acids is 1. The van der Waals surface area contributed by atoms with Gasteiger partial charge >= 0.3 is 0 Å². The average Bonchev–Trinajstić information content (AvgIpc) is 2.46. The predicted molar refractivity (Wildman–Crippen MR) is 78.2 cm³/mol. The van der Waals surface area contributed by atoms with Crippen LogP contribution in [0.15, 0.2) is 24.3 Å². The summed E-state index contributed by atoms with van der Waals surface area (Å²) >= 11 is 0. The van der Waals surface area contributed by atoms with Gasteiger partial charge in [0, 0.05) is 5.54 Å². The summed E-state index contributed by atoms with van der Waals surface area (Å²) in [6, 6.07) is 8.48. The fourth-order valence-electron chi connectivity index (χ4n) is 1.74. The van der Waals surface area contributed by atoms with Crippen molar-refractivity contribution in [3.63, 3.8) is 0 Å². The Morgan fingerprint density at radius 3 is 2.65 bits per heavy atom. The van der Waals surface area contributed by atoms with Gasteiger partial charge in [0.1, 0.15) is 6.07 Å². The maximum Gasteiger partial charge on any atom is 0.241 e. The molecule has 1 rings (SSSR count). The summed E-state index contributed by atoms with van der Waals surface area (Å²) in [5.41, 5.74) is 0.435. The number of hydrogen-bond donors (Lipinski definition) is 2. The quantitative estimate of drug-likeness (QED) is 0.855. The van der Waals surface area contributed by atoms with Crippen LogP contribution in [0.4, 0.5) is 5.69 Å². The number of nitrogens with zero attached hydrogens (tertiary/aromatic N) is 2. The summed E-state index contributed by atoms with van der Waals surface area (Å²) in [6.45, 7) is 5.44. The number of anilines is 1. The molecule has 5 nitrogen and oxygen atoms in total. The first-order chi connectivity index (χ1) is 9.33. The number of aliphatic hydroxyl groups is 1. The summed E-state index contributed by atoms with van der Waals surface area (Å²) in [6.07, 6.45) is 0. The highest BCUT2D eigenvalue weighted by Gasteiger charge is 2.30. The van der Waals surface area contributed by atoms with Crippen molar-refractivity contribution in [2.24, 2.45) is 0 Å². The van der Waals surface area contributed by atoms with Gasteiger partial charge < -0.3 is 10.4 Å². The topological polar surface area (TPSA) is 76.4 Å². The molecule has 0 fully saturated rings. The Morgan fingerprint density at radius 1 is 1.50 bits per heavy atom. The van der Waals surface area contributed by atoms with Gasteiger partial charge in [-0.05, 0) is 40.0 Å². The van der Waals surface area contributed by atoms with E-state index in [0.29, 0.717) is 11.3 Å². The van der Waals surface area contributed by atoms with E-state index in [2.05, 4.69) is 5.32 Å². The lowest BCUT2D eigenvalue weighted by Gasteiger charge is -2.37. The van der Waals surface area contributed by atoms with E-state index in [1.54, 1.807) is 43.1 Å². The van der Waals surface area contributed by atoms with Crippen LogP contribution in [0.2, 0.25) is 0 Å². The summed E-state index contributed by atoms with van der Waals surface area (Å²) in [7, 11) is 1.79. The number of carbonyl (C=O) groups is 1. The monoisotopic (exact) mass is 275 g/mol. The summed E-state index contributed by atoms with van der Waals surface area (Å²) < 4.78 is 0. The van der Waals surface area contributed by atoms with Crippen LogP contribution >= 0.6 is 0 Å².